The molecule has 0 N–H and O–H groups in total. The standard InChI is InChI=1S/C15H18O/c1-7-8(2)10(4)14-13(9(7)3)11(5)12(6)15(14)16/h1-6H3. The highest BCUT2D eigenvalue weighted by Crippen LogP contribution is 2.39. The predicted octanol–water partition coefficient (Wildman–Crippen LogP) is 3.91. The van der Waals surface area contributed by atoms with E-state index in [4.69, 9.17) is 0 Å². The van der Waals surface area contributed by atoms with E-state index in [1.165, 1.54) is 22.3 Å². The molecule has 0 aromatic heterocycles. The second kappa shape index (κ2) is 3.31. The Balaban J connectivity index is 2.94. The molecule has 0 saturated carbocycles. The molecule has 1 aromatic carbocycles. The molecule has 0 atom stereocenters. The summed E-state index contributed by atoms with van der Waals surface area (Å²) in [6.45, 7) is 12.4. The Hall–Kier alpha value is -1.37. The van der Waals surface area contributed by atoms with Gasteiger partial charge in [-0.2, -0.15) is 0 Å². The van der Waals surface area contributed by atoms with Gasteiger partial charge in [0.05, 0.1) is 0 Å². The number of rotatable bonds is 0. The number of hydrogen-bond donors (Lipinski definition) is 0. The number of hydrogen-bond acceptors (Lipinski definition) is 1. The third-order valence-corrected chi connectivity index (χ3v) is 4.19. The third-order valence-electron chi connectivity index (χ3n) is 4.19. The number of carbonyl (C=O) groups excluding carboxylic acids is 1. The van der Waals surface area contributed by atoms with Crippen molar-refractivity contribution in [3.8, 4) is 0 Å². The summed E-state index contributed by atoms with van der Waals surface area (Å²) in [6, 6.07) is 0. The first-order valence-electron chi connectivity index (χ1n) is 5.70. The summed E-state index contributed by atoms with van der Waals surface area (Å²) in [5.74, 6) is 0.219. The van der Waals surface area contributed by atoms with Crippen molar-refractivity contribution in [3.05, 3.63) is 39.0 Å². The van der Waals surface area contributed by atoms with Gasteiger partial charge in [-0.15, -0.1) is 0 Å². The van der Waals surface area contributed by atoms with Crippen LogP contribution in [0.15, 0.2) is 5.57 Å². The zero-order valence-corrected chi connectivity index (χ0v) is 10.9. The van der Waals surface area contributed by atoms with Gasteiger partial charge in [-0.3, -0.25) is 4.79 Å². The molecule has 84 valence electrons. The van der Waals surface area contributed by atoms with Crippen molar-refractivity contribution in [2.45, 2.75) is 41.5 Å². The molecule has 0 amide bonds. The maximum Gasteiger partial charge on any atom is 0.189 e. The van der Waals surface area contributed by atoms with Crippen molar-refractivity contribution in [1.29, 1.82) is 0 Å². The van der Waals surface area contributed by atoms with Crippen LogP contribution in [-0.4, -0.2) is 5.78 Å². The summed E-state index contributed by atoms with van der Waals surface area (Å²) >= 11 is 0. The van der Waals surface area contributed by atoms with E-state index in [2.05, 4.69) is 34.6 Å². The van der Waals surface area contributed by atoms with Crippen LogP contribution in [0.5, 0.6) is 0 Å². The van der Waals surface area contributed by atoms with Crippen LogP contribution in [0, 0.1) is 27.7 Å². The summed E-state index contributed by atoms with van der Waals surface area (Å²) in [7, 11) is 0. The molecule has 1 heteroatoms. The van der Waals surface area contributed by atoms with Crippen LogP contribution in [0.2, 0.25) is 0 Å². The molecule has 1 aliphatic carbocycles. The highest BCUT2D eigenvalue weighted by molar-refractivity contribution is 6.21. The second-order valence-electron chi connectivity index (χ2n) is 4.83. The van der Waals surface area contributed by atoms with Gasteiger partial charge in [0, 0.05) is 11.1 Å². The van der Waals surface area contributed by atoms with E-state index in [-0.39, 0.29) is 5.78 Å². The highest BCUT2D eigenvalue weighted by atomic mass is 16.1. The Labute approximate surface area is 97.2 Å². The molecule has 0 unspecified atom stereocenters. The van der Waals surface area contributed by atoms with Crippen molar-refractivity contribution in [3.63, 3.8) is 0 Å². The van der Waals surface area contributed by atoms with Gasteiger partial charge in [0.15, 0.2) is 5.78 Å². The van der Waals surface area contributed by atoms with E-state index in [0.717, 1.165) is 22.3 Å². The lowest BCUT2D eigenvalue weighted by Crippen LogP contribution is -2.04. The van der Waals surface area contributed by atoms with Gasteiger partial charge in [0.2, 0.25) is 0 Å². The van der Waals surface area contributed by atoms with Gasteiger partial charge in [0.1, 0.15) is 0 Å². The van der Waals surface area contributed by atoms with Crippen LogP contribution in [0.3, 0.4) is 0 Å². The number of benzene rings is 1. The van der Waals surface area contributed by atoms with Gasteiger partial charge in [-0.1, -0.05) is 0 Å². The molecule has 0 fully saturated rings. The minimum absolute atomic E-state index is 0.219. The Kier molecular flexibility index (Phi) is 2.30. The molecule has 1 aromatic rings. The monoisotopic (exact) mass is 214 g/mol. The first-order chi connectivity index (χ1) is 7.37. The summed E-state index contributed by atoms with van der Waals surface area (Å²) in [4.78, 5) is 12.2. The van der Waals surface area contributed by atoms with Crippen LogP contribution in [-0.2, 0) is 0 Å². The first kappa shape index (κ1) is 11.1. The van der Waals surface area contributed by atoms with Crippen molar-refractivity contribution in [2.75, 3.05) is 0 Å². The fourth-order valence-corrected chi connectivity index (χ4v) is 2.61. The molecular formula is C15H18O. The molecule has 1 aliphatic rings. The normalized spacial score (nSPS) is 14.8. The zero-order valence-electron chi connectivity index (χ0n) is 10.9. The minimum atomic E-state index is 0.219. The lowest BCUT2D eigenvalue weighted by Gasteiger charge is -2.15. The lowest BCUT2D eigenvalue weighted by atomic mass is 9.88. The van der Waals surface area contributed by atoms with Crippen molar-refractivity contribution < 1.29 is 4.79 Å². The summed E-state index contributed by atoms with van der Waals surface area (Å²) in [5.41, 5.74) is 9.18. The molecule has 2 rings (SSSR count). The molecule has 0 saturated heterocycles. The highest BCUT2D eigenvalue weighted by Gasteiger charge is 2.29. The van der Waals surface area contributed by atoms with E-state index in [9.17, 15) is 4.79 Å². The Morgan fingerprint density at radius 2 is 1.00 bits per heavy atom. The fraction of sp³-hybridized carbons (Fsp3) is 0.400. The first-order valence-corrected chi connectivity index (χ1v) is 5.70. The Morgan fingerprint density at radius 3 is 1.50 bits per heavy atom. The van der Waals surface area contributed by atoms with Gasteiger partial charge in [-0.25, -0.2) is 0 Å². The van der Waals surface area contributed by atoms with Crippen LogP contribution in [0.25, 0.3) is 5.57 Å². The molecule has 0 radical (unpaired) electrons. The second-order valence-corrected chi connectivity index (χ2v) is 4.83. The number of fused-ring (bicyclic) bond motifs is 1. The molecule has 0 heterocycles. The number of Topliss-reactive ketones (excluding diaryl/α,β-unsaturated/α-hetero) is 1. The zero-order chi connectivity index (χ0) is 12.2. The average Bonchev–Trinajstić information content (AvgIpc) is 2.48. The van der Waals surface area contributed by atoms with Crippen LogP contribution in [0.4, 0.5) is 0 Å². The van der Waals surface area contributed by atoms with E-state index < -0.39 is 0 Å². The molecule has 0 aliphatic heterocycles. The summed E-state index contributed by atoms with van der Waals surface area (Å²) < 4.78 is 0. The maximum atomic E-state index is 12.2. The van der Waals surface area contributed by atoms with Crippen molar-refractivity contribution in [1.82, 2.24) is 0 Å². The van der Waals surface area contributed by atoms with Crippen molar-refractivity contribution >= 4 is 11.4 Å². The van der Waals surface area contributed by atoms with E-state index in [0.29, 0.717) is 0 Å². The van der Waals surface area contributed by atoms with E-state index in [1.807, 2.05) is 6.92 Å². The fourth-order valence-electron chi connectivity index (χ4n) is 2.61. The largest absolute Gasteiger partial charge is 0.289 e. The average molecular weight is 214 g/mol. The SMILES string of the molecule is CC1=C(C)c2c(C)c(C)c(C)c(C)c2C1=O. The quantitative estimate of drug-likeness (QED) is 0.640. The molecular weight excluding hydrogens is 196 g/mol. The van der Waals surface area contributed by atoms with Gasteiger partial charge in [-0.05, 0) is 74.9 Å². The lowest BCUT2D eigenvalue weighted by molar-refractivity contribution is 0.103. The Bertz CT molecular complexity index is 545. The summed E-state index contributed by atoms with van der Waals surface area (Å²) in [5, 5.41) is 0. The number of carbonyl (C=O) groups is 1. The third kappa shape index (κ3) is 1.14. The summed E-state index contributed by atoms with van der Waals surface area (Å²) in [6.07, 6.45) is 0. The number of allylic oxidation sites excluding steroid dienone is 2. The van der Waals surface area contributed by atoms with Crippen molar-refractivity contribution in [2.24, 2.45) is 0 Å². The smallest absolute Gasteiger partial charge is 0.189 e. The maximum absolute atomic E-state index is 12.2. The molecule has 1 nitrogen and oxygen atoms in total. The molecule has 16 heavy (non-hydrogen) atoms. The van der Waals surface area contributed by atoms with Gasteiger partial charge in [0.25, 0.3) is 0 Å². The molecule has 0 spiro atoms. The Morgan fingerprint density at radius 1 is 0.562 bits per heavy atom. The topological polar surface area (TPSA) is 17.1 Å². The van der Waals surface area contributed by atoms with E-state index >= 15 is 0 Å². The van der Waals surface area contributed by atoms with Crippen LogP contribution in [0.1, 0.15) is 52.0 Å². The van der Waals surface area contributed by atoms with Gasteiger partial charge >= 0.3 is 0 Å². The van der Waals surface area contributed by atoms with Crippen LogP contribution < -0.4 is 0 Å². The van der Waals surface area contributed by atoms with E-state index in [1.54, 1.807) is 0 Å². The van der Waals surface area contributed by atoms with Gasteiger partial charge < -0.3 is 0 Å². The van der Waals surface area contributed by atoms with Crippen LogP contribution >= 0.6 is 0 Å². The predicted molar refractivity (Wildman–Crippen MR) is 68.0 cm³/mol. The number of ketones is 1. The molecule has 0 bridgehead atoms. The minimum Gasteiger partial charge on any atom is -0.289 e.